The Kier molecular flexibility index (Phi) is 5.11. The van der Waals surface area contributed by atoms with E-state index in [2.05, 4.69) is 76.6 Å². The highest BCUT2D eigenvalue weighted by molar-refractivity contribution is 9.10. The van der Waals surface area contributed by atoms with Gasteiger partial charge in [0.05, 0.1) is 11.4 Å². The smallest absolute Gasteiger partial charge is 0.122 e. The molecule has 6 heteroatoms. The van der Waals surface area contributed by atoms with Crippen molar-refractivity contribution in [2.75, 3.05) is 0 Å². The van der Waals surface area contributed by atoms with Gasteiger partial charge in [0.2, 0.25) is 0 Å². The molecule has 1 aliphatic rings. The summed E-state index contributed by atoms with van der Waals surface area (Å²) in [7, 11) is 0. The maximum absolute atomic E-state index is 4.60. The van der Waals surface area contributed by atoms with Gasteiger partial charge in [-0.15, -0.1) is 10.2 Å². The van der Waals surface area contributed by atoms with Gasteiger partial charge in [0.15, 0.2) is 0 Å². The van der Waals surface area contributed by atoms with E-state index in [0.717, 1.165) is 53.6 Å². The molecule has 0 amide bonds. The van der Waals surface area contributed by atoms with Gasteiger partial charge in [-0.2, -0.15) is 10.2 Å². The molecular weight excluding hydrogens is 504 g/mol. The zero-order chi connectivity index (χ0) is 20.5. The molecule has 4 aromatic carbocycles. The minimum atomic E-state index is 0.727. The van der Waals surface area contributed by atoms with Crippen LogP contribution in [0.1, 0.15) is 11.1 Å². The van der Waals surface area contributed by atoms with E-state index in [-0.39, 0.29) is 0 Å². The predicted molar refractivity (Wildman–Crippen MR) is 128 cm³/mol. The van der Waals surface area contributed by atoms with Crippen LogP contribution in [-0.2, 0) is 0 Å². The first-order valence-corrected chi connectivity index (χ1v) is 10.9. The highest BCUT2D eigenvalue weighted by Gasteiger charge is 2.24. The van der Waals surface area contributed by atoms with Crippen LogP contribution < -0.4 is 0 Å². The fourth-order valence-electron chi connectivity index (χ4n) is 3.42. The van der Waals surface area contributed by atoms with E-state index >= 15 is 0 Å². The van der Waals surface area contributed by atoms with Crippen LogP contribution in [0.3, 0.4) is 0 Å². The molecule has 0 aliphatic heterocycles. The van der Waals surface area contributed by atoms with Crippen LogP contribution in [0.15, 0.2) is 114 Å². The molecule has 30 heavy (non-hydrogen) atoms. The lowest BCUT2D eigenvalue weighted by Gasteiger charge is -2.01. The monoisotopic (exact) mass is 516 g/mol. The van der Waals surface area contributed by atoms with E-state index in [0.29, 0.717) is 0 Å². The number of benzene rings is 4. The van der Waals surface area contributed by atoms with Crippen LogP contribution in [-0.4, -0.2) is 0 Å². The normalized spacial score (nSPS) is 13.3. The maximum Gasteiger partial charge on any atom is 0.122 e. The summed E-state index contributed by atoms with van der Waals surface area (Å²) in [6.45, 7) is 0. The van der Waals surface area contributed by atoms with Crippen molar-refractivity contribution in [1.29, 1.82) is 0 Å². The summed E-state index contributed by atoms with van der Waals surface area (Å²) in [5.41, 5.74) is 5.05. The molecule has 0 fully saturated rings. The maximum atomic E-state index is 4.60. The van der Waals surface area contributed by atoms with Crippen LogP contribution in [0.25, 0.3) is 22.2 Å². The number of azo groups is 2. The molecule has 0 aromatic heterocycles. The highest BCUT2D eigenvalue weighted by atomic mass is 79.9. The van der Waals surface area contributed by atoms with Gasteiger partial charge in [0.25, 0.3) is 0 Å². The standard InChI is InChI=1S/C24H14Br2N4/c25-16-7-11-18(12-8-16)27-29-23-20-5-1-3-15-4-2-6-21(22(15)20)24(23)30-28-19-13-9-17(26)10-14-19/h1-14H. The first-order valence-electron chi connectivity index (χ1n) is 9.30. The van der Waals surface area contributed by atoms with E-state index in [4.69, 9.17) is 0 Å². The Morgan fingerprint density at radius 1 is 0.467 bits per heavy atom. The molecule has 5 rings (SSSR count). The average Bonchev–Trinajstić information content (AvgIpc) is 3.08. The van der Waals surface area contributed by atoms with E-state index in [9.17, 15) is 0 Å². The minimum Gasteiger partial charge on any atom is -0.150 e. The molecule has 0 saturated carbocycles. The largest absolute Gasteiger partial charge is 0.150 e. The zero-order valence-corrected chi connectivity index (χ0v) is 18.8. The van der Waals surface area contributed by atoms with E-state index in [1.807, 2.05) is 60.7 Å². The first-order chi connectivity index (χ1) is 14.7. The Balaban J connectivity index is 1.63. The molecule has 0 atom stereocenters. The average molecular weight is 518 g/mol. The van der Waals surface area contributed by atoms with Crippen LogP contribution in [0.2, 0.25) is 0 Å². The third-order valence-electron chi connectivity index (χ3n) is 4.82. The lowest BCUT2D eigenvalue weighted by atomic mass is 10.0. The summed E-state index contributed by atoms with van der Waals surface area (Å²) in [5.74, 6) is 0. The first kappa shape index (κ1) is 19.0. The van der Waals surface area contributed by atoms with Gasteiger partial charge in [-0.05, 0) is 53.9 Å². The number of nitrogens with zero attached hydrogens (tertiary/aromatic N) is 4. The van der Waals surface area contributed by atoms with Crippen molar-refractivity contribution in [2.24, 2.45) is 20.5 Å². The summed E-state index contributed by atoms with van der Waals surface area (Å²) in [6.07, 6.45) is 0. The lowest BCUT2D eigenvalue weighted by molar-refractivity contribution is 1.21. The van der Waals surface area contributed by atoms with Crippen LogP contribution in [0, 0.1) is 0 Å². The molecule has 1 aliphatic carbocycles. The molecule has 144 valence electrons. The second kappa shape index (κ2) is 8.05. The van der Waals surface area contributed by atoms with Gasteiger partial charge in [0, 0.05) is 25.5 Å². The Bertz CT molecular complexity index is 1240. The minimum absolute atomic E-state index is 0.727. The summed E-state index contributed by atoms with van der Waals surface area (Å²) in [6, 6.07) is 27.8. The lowest BCUT2D eigenvalue weighted by Crippen LogP contribution is -1.79. The number of hydrogen-bond acceptors (Lipinski definition) is 4. The van der Waals surface area contributed by atoms with Crippen molar-refractivity contribution in [2.45, 2.75) is 0 Å². The molecule has 4 nitrogen and oxygen atoms in total. The van der Waals surface area contributed by atoms with Crippen molar-refractivity contribution in [3.8, 4) is 0 Å². The predicted octanol–water partition coefficient (Wildman–Crippen LogP) is 9.07. The SMILES string of the molecule is Brc1ccc(N=NC2=C(N=Nc3ccc(Br)cc3)c3cccc4cccc2c34)cc1. The Morgan fingerprint density at radius 3 is 1.33 bits per heavy atom. The van der Waals surface area contributed by atoms with Crippen molar-refractivity contribution < 1.29 is 0 Å². The molecule has 0 N–H and O–H groups in total. The summed E-state index contributed by atoms with van der Waals surface area (Å²) in [4.78, 5) is 0. The third kappa shape index (κ3) is 3.64. The molecule has 0 spiro atoms. The summed E-state index contributed by atoms with van der Waals surface area (Å²) in [5, 5.41) is 20.4. The summed E-state index contributed by atoms with van der Waals surface area (Å²) < 4.78 is 2.00. The van der Waals surface area contributed by atoms with Gasteiger partial charge in [-0.25, -0.2) is 0 Å². The summed E-state index contributed by atoms with van der Waals surface area (Å²) >= 11 is 6.89. The van der Waals surface area contributed by atoms with E-state index in [1.165, 1.54) is 0 Å². The van der Waals surface area contributed by atoms with Gasteiger partial charge in [0.1, 0.15) is 11.4 Å². The fraction of sp³-hybridized carbons (Fsp3) is 0. The number of rotatable bonds is 4. The molecular formula is C24H14Br2N4. The molecule has 0 saturated heterocycles. The Morgan fingerprint density at radius 2 is 0.900 bits per heavy atom. The van der Waals surface area contributed by atoms with Gasteiger partial charge in [-0.1, -0.05) is 68.3 Å². The number of hydrogen-bond donors (Lipinski definition) is 0. The van der Waals surface area contributed by atoms with E-state index < -0.39 is 0 Å². The number of halogens is 2. The van der Waals surface area contributed by atoms with Gasteiger partial charge < -0.3 is 0 Å². The van der Waals surface area contributed by atoms with Crippen LogP contribution in [0.5, 0.6) is 0 Å². The molecule has 0 bridgehead atoms. The van der Waals surface area contributed by atoms with Gasteiger partial charge >= 0.3 is 0 Å². The van der Waals surface area contributed by atoms with Crippen molar-refractivity contribution >= 4 is 65.4 Å². The quantitative estimate of drug-likeness (QED) is 0.242. The second-order valence-corrected chi connectivity index (χ2v) is 8.59. The highest BCUT2D eigenvalue weighted by Crippen LogP contribution is 2.44. The van der Waals surface area contributed by atoms with Crippen molar-refractivity contribution in [3.63, 3.8) is 0 Å². The van der Waals surface area contributed by atoms with E-state index in [1.54, 1.807) is 0 Å². The van der Waals surface area contributed by atoms with Gasteiger partial charge in [-0.3, -0.25) is 0 Å². The van der Waals surface area contributed by atoms with Crippen LogP contribution >= 0.6 is 31.9 Å². The molecule has 0 unspecified atom stereocenters. The van der Waals surface area contributed by atoms with Crippen molar-refractivity contribution in [1.82, 2.24) is 0 Å². The second-order valence-electron chi connectivity index (χ2n) is 6.76. The molecule has 0 heterocycles. The van der Waals surface area contributed by atoms with Crippen molar-refractivity contribution in [3.05, 3.63) is 105 Å². The third-order valence-corrected chi connectivity index (χ3v) is 5.88. The molecule has 0 radical (unpaired) electrons. The van der Waals surface area contributed by atoms with Crippen LogP contribution in [0.4, 0.5) is 11.4 Å². The Hall–Kier alpha value is -2.96. The zero-order valence-electron chi connectivity index (χ0n) is 15.6. The topological polar surface area (TPSA) is 49.4 Å². The molecule has 4 aromatic rings. The fourth-order valence-corrected chi connectivity index (χ4v) is 3.95. The Labute approximate surface area is 190 Å².